The molecule has 0 spiro atoms. The van der Waals surface area contributed by atoms with Crippen LogP contribution in [0.2, 0.25) is 0 Å². The summed E-state index contributed by atoms with van der Waals surface area (Å²) in [5, 5.41) is 44.3. The van der Waals surface area contributed by atoms with Crippen LogP contribution in [0.4, 0.5) is 0 Å². The molecular weight excluding hydrogens is 532 g/mol. The fourth-order valence-electron chi connectivity index (χ4n) is 0. The van der Waals surface area contributed by atoms with Crippen molar-refractivity contribution < 1.29 is 144 Å². The van der Waals surface area contributed by atoms with Crippen LogP contribution in [0.25, 0.3) is 0 Å². The maximum absolute atomic E-state index is 9.10. The molecule has 0 unspecified atom stereocenters. The Bertz CT molecular complexity index is 335. The van der Waals surface area contributed by atoms with Crippen LogP contribution in [0, 0.1) is 0 Å². The van der Waals surface area contributed by atoms with Gasteiger partial charge in [0.2, 0.25) is 0 Å². The molecule has 0 aliphatic carbocycles. The second-order valence-electron chi connectivity index (χ2n) is 1.83. The standard InChI is InChI=1S/3C2H2O4.4O.4V/c3*3-1(4)2(5)6;;;;;;;;/h3*(H,3,4)(H,5,6);;;;;;;;. The molecule has 26 heavy (non-hydrogen) atoms. The zero-order valence-corrected chi connectivity index (χ0v) is 17.1. The Balaban J connectivity index is -0.0000000348. The zero-order valence-electron chi connectivity index (χ0n) is 11.6. The molecular formula is C6H6O16V4. The van der Waals surface area contributed by atoms with E-state index < -0.39 is 35.8 Å². The third-order valence-electron chi connectivity index (χ3n) is 0.549. The van der Waals surface area contributed by atoms with Crippen LogP contribution in [0.3, 0.4) is 0 Å². The van der Waals surface area contributed by atoms with Crippen molar-refractivity contribution >= 4 is 35.8 Å². The van der Waals surface area contributed by atoms with Crippen molar-refractivity contribution in [3.8, 4) is 0 Å². The third-order valence-corrected chi connectivity index (χ3v) is 0.549. The van der Waals surface area contributed by atoms with Gasteiger partial charge in [-0.25, -0.2) is 28.8 Å². The van der Waals surface area contributed by atoms with Crippen molar-refractivity contribution in [2.75, 3.05) is 0 Å². The second-order valence-corrected chi connectivity index (χ2v) is 1.83. The van der Waals surface area contributed by atoms with Gasteiger partial charge in [-0.1, -0.05) is 0 Å². The van der Waals surface area contributed by atoms with E-state index >= 15 is 0 Å². The van der Waals surface area contributed by atoms with Gasteiger partial charge in [0.1, 0.15) is 0 Å². The molecule has 20 heteroatoms. The van der Waals surface area contributed by atoms with E-state index in [1.54, 1.807) is 0 Å². The number of aliphatic carboxylic acids is 6. The number of rotatable bonds is 0. The van der Waals surface area contributed by atoms with Gasteiger partial charge >= 0.3 is 120 Å². The molecule has 0 fully saturated rings. The molecule has 0 atom stereocenters. The Kier molecular flexibility index (Phi) is 74.0. The predicted octanol–water partition coefficient (Wildman–Crippen LogP) is -3.02. The summed E-state index contributed by atoms with van der Waals surface area (Å²) in [6.45, 7) is 0. The Morgan fingerprint density at radius 2 is 0.346 bits per heavy atom. The molecule has 0 aromatic rings. The van der Waals surface area contributed by atoms with E-state index in [9.17, 15) is 0 Å². The van der Waals surface area contributed by atoms with Gasteiger partial charge in [-0.05, 0) is 0 Å². The SMILES string of the molecule is O=C(O)C(=O)O.O=C(O)C(=O)O.O=C(O)C(=O)O.[O]=[V].[O]=[V].[O]=[V].[O]=[V]. The van der Waals surface area contributed by atoms with Crippen LogP contribution in [0.5, 0.6) is 0 Å². The van der Waals surface area contributed by atoms with Crippen LogP contribution < -0.4 is 0 Å². The zero-order chi connectivity index (χ0) is 23.5. The first kappa shape index (κ1) is 44.1. The molecule has 0 bridgehead atoms. The maximum atomic E-state index is 9.10. The Labute approximate surface area is 178 Å². The van der Waals surface area contributed by atoms with E-state index in [2.05, 4.69) is 0 Å². The summed E-state index contributed by atoms with van der Waals surface area (Å²) in [6.07, 6.45) is 0. The Hall–Kier alpha value is -1.64. The van der Waals surface area contributed by atoms with E-state index in [4.69, 9.17) is 74.1 Å². The van der Waals surface area contributed by atoms with Gasteiger partial charge in [0.05, 0.1) is 0 Å². The minimum absolute atomic E-state index is 1.06. The van der Waals surface area contributed by atoms with Crippen molar-refractivity contribution in [1.29, 1.82) is 0 Å². The average Bonchev–Trinajstić information content (AvgIpc) is 2.62. The first-order valence-corrected chi connectivity index (χ1v) is 6.33. The number of carboxylic acids is 6. The van der Waals surface area contributed by atoms with E-state index in [1.165, 1.54) is 0 Å². The first-order chi connectivity index (χ1) is 11.9. The molecule has 0 rings (SSSR count). The number of hydrogen-bond donors (Lipinski definition) is 6. The monoisotopic (exact) mass is 538 g/mol. The second kappa shape index (κ2) is 43.6. The van der Waals surface area contributed by atoms with E-state index in [-0.39, 0.29) is 0 Å². The van der Waals surface area contributed by atoms with Crippen molar-refractivity contribution in [3.05, 3.63) is 0 Å². The summed E-state index contributed by atoms with van der Waals surface area (Å²) >= 11 is 4.25. The molecule has 0 radical (unpaired) electrons. The Morgan fingerprint density at radius 1 is 0.308 bits per heavy atom. The Morgan fingerprint density at radius 3 is 0.346 bits per heavy atom. The van der Waals surface area contributed by atoms with E-state index in [0.717, 1.165) is 69.5 Å². The van der Waals surface area contributed by atoms with Gasteiger partial charge in [0.15, 0.2) is 0 Å². The molecule has 0 aromatic carbocycles. The average molecular weight is 538 g/mol. The van der Waals surface area contributed by atoms with Crippen LogP contribution in [-0.2, 0) is 113 Å². The van der Waals surface area contributed by atoms with Gasteiger partial charge in [0, 0.05) is 0 Å². The minimum atomic E-state index is -1.82. The van der Waals surface area contributed by atoms with Gasteiger partial charge in [0.25, 0.3) is 0 Å². The normalized spacial score (nSPS) is 5.54. The molecule has 6 N–H and O–H groups in total. The number of hydrogen-bond acceptors (Lipinski definition) is 10. The van der Waals surface area contributed by atoms with Gasteiger partial charge in [-0.3, -0.25) is 0 Å². The van der Waals surface area contributed by atoms with Crippen LogP contribution in [-0.4, -0.2) is 66.5 Å². The van der Waals surface area contributed by atoms with Crippen molar-refractivity contribution in [1.82, 2.24) is 0 Å². The predicted molar refractivity (Wildman–Crippen MR) is 48.6 cm³/mol. The molecule has 0 amide bonds. The van der Waals surface area contributed by atoms with Gasteiger partial charge in [-0.2, -0.15) is 0 Å². The number of carboxylic acid groups (broad SMARTS) is 6. The van der Waals surface area contributed by atoms with Crippen LogP contribution >= 0.6 is 0 Å². The van der Waals surface area contributed by atoms with Crippen LogP contribution in [0.1, 0.15) is 0 Å². The third kappa shape index (κ3) is 95.1. The molecule has 0 heterocycles. The van der Waals surface area contributed by atoms with E-state index in [1.807, 2.05) is 0 Å². The first-order valence-electron chi connectivity index (χ1n) is 4.05. The van der Waals surface area contributed by atoms with Crippen molar-refractivity contribution in [2.24, 2.45) is 0 Å². The van der Waals surface area contributed by atoms with E-state index in [0.29, 0.717) is 0 Å². The quantitative estimate of drug-likeness (QED) is 0.167. The summed E-state index contributed by atoms with van der Waals surface area (Å²) in [6, 6.07) is 0. The van der Waals surface area contributed by atoms with Crippen molar-refractivity contribution in [3.63, 3.8) is 0 Å². The summed E-state index contributed by atoms with van der Waals surface area (Å²) in [4.78, 5) is 54.6. The van der Waals surface area contributed by atoms with Crippen molar-refractivity contribution in [2.45, 2.75) is 0 Å². The summed E-state index contributed by atoms with van der Waals surface area (Å²) in [5.41, 5.74) is 0. The molecule has 0 aliphatic rings. The van der Waals surface area contributed by atoms with Crippen LogP contribution in [0.15, 0.2) is 0 Å². The van der Waals surface area contributed by atoms with Gasteiger partial charge < -0.3 is 30.6 Å². The van der Waals surface area contributed by atoms with Gasteiger partial charge in [-0.15, -0.1) is 0 Å². The molecule has 0 saturated heterocycles. The summed E-state index contributed by atoms with van der Waals surface area (Å²) in [5.74, 6) is -10.9. The topological polar surface area (TPSA) is 292 Å². The molecule has 0 aromatic heterocycles. The molecule has 16 nitrogen and oxygen atoms in total. The molecule has 146 valence electrons. The number of carbonyl (C=O) groups is 6. The fraction of sp³-hybridized carbons (Fsp3) is 0. The summed E-state index contributed by atoms with van der Waals surface area (Å²) in [7, 11) is 0. The molecule has 0 saturated carbocycles. The summed E-state index contributed by atoms with van der Waals surface area (Å²) < 4.78 is 32.8. The molecule has 0 aliphatic heterocycles. The fourth-order valence-corrected chi connectivity index (χ4v) is 0.